The van der Waals surface area contributed by atoms with Gasteiger partial charge in [-0.25, -0.2) is 0 Å². The first-order chi connectivity index (χ1) is 7.99. The number of likely N-dealkylation sites (tertiary alicyclic amines) is 1. The lowest BCUT2D eigenvalue weighted by atomic mass is 9.71. The summed E-state index contributed by atoms with van der Waals surface area (Å²) in [6, 6.07) is 0. The van der Waals surface area contributed by atoms with E-state index in [1.54, 1.807) is 0 Å². The van der Waals surface area contributed by atoms with Crippen LogP contribution in [-0.2, 0) is 0 Å². The first-order valence-electron chi connectivity index (χ1n) is 7.44. The minimum atomic E-state index is -0.389. The maximum absolute atomic E-state index is 10.7. The van der Waals surface area contributed by atoms with Gasteiger partial charge in [0.25, 0.3) is 0 Å². The summed E-state index contributed by atoms with van der Waals surface area (Å²) < 4.78 is 0. The van der Waals surface area contributed by atoms with Crippen LogP contribution in [0.2, 0.25) is 0 Å². The molecule has 1 saturated carbocycles. The van der Waals surface area contributed by atoms with E-state index in [9.17, 15) is 5.11 Å². The Hall–Kier alpha value is -0.0800. The lowest BCUT2D eigenvalue weighted by Gasteiger charge is -2.42. The van der Waals surface area contributed by atoms with Crippen LogP contribution in [0.3, 0.4) is 0 Å². The monoisotopic (exact) mass is 239 g/mol. The van der Waals surface area contributed by atoms with Crippen molar-refractivity contribution in [1.29, 1.82) is 0 Å². The van der Waals surface area contributed by atoms with Gasteiger partial charge in [0.1, 0.15) is 0 Å². The molecule has 0 spiro atoms. The molecule has 0 bridgehead atoms. The van der Waals surface area contributed by atoms with E-state index < -0.39 is 0 Å². The Morgan fingerprint density at radius 1 is 0.882 bits per heavy atom. The summed E-state index contributed by atoms with van der Waals surface area (Å²) in [5.41, 5.74) is 0.0604. The van der Waals surface area contributed by atoms with Gasteiger partial charge in [-0.05, 0) is 57.0 Å². The predicted octanol–water partition coefficient (Wildman–Crippen LogP) is 3.19. The van der Waals surface area contributed by atoms with E-state index in [0.29, 0.717) is 5.41 Å². The standard InChI is InChI=1S/C15H29NO/c1-14(2)7-9-15(17,10-8-14)13-16-11-5-3-4-6-12-16/h17H,3-13H2,1-2H3. The fraction of sp³-hybridized carbons (Fsp3) is 1.00. The van der Waals surface area contributed by atoms with Crippen LogP contribution >= 0.6 is 0 Å². The first kappa shape index (κ1) is 13.4. The highest BCUT2D eigenvalue weighted by Crippen LogP contribution is 2.40. The summed E-state index contributed by atoms with van der Waals surface area (Å²) in [6.07, 6.45) is 9.74. The molecule has 0 atom stereocenters. The van der Waals surface area contributed by atoms with Crippen molar-refractivity contribution in [1.82, 2.24) is 4.90 Å². The molecule has 1 aliphatic carbocycles. The molecule has 0 amide bonds. The van der Waals surface area contributed by atoms with Crippen molar-refractivity contribution >= 4 is 0 Å². The molecule has 17 heavy (non-hydrogen) atoms. The molecule has 100 valence electrons. The number of hydrogen-bond donors (Lipinski definition) is 1. The normalized spacial score (nSPS) is 29.8. The Bertz CT molecular complexity index is 231. The Morgan fingerprint density at radius 2 is 1.41 bits per heavy atom. The van der Waals surface area contributed by atoms with Crippen LogP contribution in [0.4, 0.5) is 0 Å². The maximum atomic E-state index is 10.7. The van der Waals surface area contributed by atoms with E-state index in [-0.39, 0.29) is 5.60 Å². The van der Waals surface area contributed by atoms with Crippen molar-refractivity contribution < 1.29 is 5.11 Å². The second-order valence-corrected chi connectivity index (χ2v) is 7.08. The summed E-state index contributed by atoms with van der Waals surface area (Å²) in [6.45, 7) is 7.98. The summed E-state index contributed by atoms with van der Waals surface area (Å²) in [5, 5.41) is 10.7. The van der Waals surface area contributed by atoms with Crippen molar-refractivity contribution in [2.45, 2.75) is 70.8 Å². The van der Waals surface area contributed by atoms with Crippen molar-refractivity contribution in [2.75, 3.05) is 19.6 Å². The predicted molar refractivity (Wildman–Crippen MR) is 72.1 cm³/mol. The molecule has 2 nitrogen and oxygen atoms in total. The van der Waals surface area contributed by atoms with Gasteiger partial charge in [-0.1, -0.05) is 26.7 Å². The second kappa shape index (κ2) is 5.27. The Balaban J connectivity index is 1.84. The van der Waals surface area contributed by atoms with Gasteiger partial charge in [0.15, 0.2) is 0 Å². The number of hydrogen-bond acceptors (Lipinski definition) is 2. The molecule has 1 N–H and O–H groups in total. The second-order valence-electron chi connectivity index (χ2n) is 7.08. The van der Waals surface area contributed by atoms with Crippen molar-refractivity contribution in [3.05, 3.63) is 0 Å². The van der Waals surface area contributed by atoms with E-state index in [4.69, 9.17) is 0 Å². The lowest BCUT2D eigenvalue weighted by molar-refractivity contribution is -0.0490. The summed E-state index contributed by atoms with van der Waals surface area (Å²) in [4.78, 5) is 2.51. The molecule has 0 unspecified atom stereocenters. The third kappa shape index (κ3) is 3.96. The molecule has 0 aromatic rings. The highest BCUT2D eigenvalue weighted by molar-refractivity contribution is 4.91. The number of nitrogens with zero attached hydrogens (tertiary/aromatic N) is 1. The Kier molecular flexibility index (Phi) is 4.14. The third-order valence-corrected chi connectivity index (χ3v) is 4.75. The van der Waals surface area contributed by atoms with E-state index in [0.717, 1.165) is 19.4 Å². The zero-order valence-corrected chi connectivity index (χ0v) is 11.7. The van der Waals surface area contributed by atoms with Gasteiger partial charge in [-0.3, -0.25) is 0 Å². The molecule has 1 aliphatic heterocycles. The number of rotatable bonds is 2. The van der Waals surface area contributed by atoms with E-state index in [2.05, 4.69) is 18.7 Å². The van der Waals surface area contributed by atoms with Gasteiger partial charge >= 0.3 is 0 Å². The van der Waals surface area contributed by atoms with Gasteiger partial charge in [-0.2, -0.15) is 0 Å². The van der Waals surface area contributed by atoms with Crippen molar-refractivity contribution in [3.8, 4) is 0 Å². The molecule has 2 aliphatic rings. The van der Waals surface area contributed by atoms with Crippen LogP contribution in [0.1, 0.15) is 65.2 Å². The largest absolute Gasteiger partial charge is 0.389 e. The average Bonchev–Trinajstić information content (AvgIpc) is 2.52. The van der Waals surface area contributed by atoms with E-state index in [1.165, 1.54) is 51.6 Å². The van der Waals surface area contributed by atoms with Gasteiger partial charge in [0, 0.05) is 6.54 Å². The van der Waals surface area contributed by atoms with Gasteiger partial charge in [0.2, 0.25) is 0 Å². The fourth-order valence-corrected chi connectivity index (χ4v) is 3.26. The highest BCUT2D eigenvalue weighted by Gasteiger charge is 2.37. The smallest absolute Gasteiger partial charge is 0.0774 e. The quantitative estimate of drug-likeness (QED) is 0.800. The van der Waals surface area contributed by atoms with Crippen LogP contribution in [0, 0.1) is 5.41 Å². The molecule has 0 aromatic carbocycles. The highest BCUT2D eigenvalue weighted by atomic mass is 16.3. The molecule has 1 heterocycles. The van der Waals surface area contributed by atoms with Crippen LogP contribution in [-0.4, -0.2) is 35.2 Å². The molecule has 2 heteroatoms. The summed E-state index contributed by atoms with van der Waals surface area (Å²) in [7, 11) is 0. The van der Waals surface area contributed by atoms with E-state index in [1.807, 2.05) is 0 Å². The Morgan fingerprint density at radius 3 is 1.94 bits per heavy atom. The topological polar surface area (TPSA) is 23.5 Å². The molecule has 1 saturated heterocycles. The summed E-state index contributed by atoms with van der Waals surface area (Å²) >= 11 is 0. The summed E-state index contributed by atoms with van der Waals surface area (Å²) in [5.74, 6) is 0. The SMILES string of the molecule is CC1(C)CCC(O)(CN2CCCCCC2)CC1. The molecule has 0 aromatic heterocycles. The third-order valence-electron chi connectivity index (χ3n) is 4.75. The van der Waals surface area contributed by atoms with Crippen molar-refractivity contribution in [3.63, 3.8) is 0 Å². The van der Waals surface area contributed by atoms with Gasteiger partial charge in [-0.15, -0.1) is 0 Å². The fourth-order valence-electron chi connectivity index (χ4n) is 3.26. The number of aliphatic hydroxyl groups is 1. The molecule has 2 fully saturated rings. The minimum absolute atomic E-state index is 0.389. The molecule has 2 rings (SSSR count). The Labute approximate surface area is 106 Å². The number of β-amino-alcohol motifs (C(OH)–C–C–N with tert-alkyl or cyclic N) is 1. The lowest BCUT2D eigenvalue weighted by Crippen LogP contribution is -2.47. The van der Waals surface area contributed by atoms with Crippen LogP contribution in [0.15, 0.2) is 0 Å². The minimum Gasteiger partial charge on any atom is -0.389 e. The zero-order valence-electron chi connectivity index (χ0n) is 11.7. The van der Waals surface area contributed by atoms with Crippen LogP contribution in [0.25, 0.3) is 0 Å². The molecule has 0 radical (unpaired) electrons. The van der Waals surface area contributed by atoms with Crippen LogP contribution < -0.4 is 0 Å². The molecular formula is C15H29NO. The van der Waals surface area contributed by atoms with Gasteiger partial charge < -0.3 is 10.0 Å². The van der Waals surface area contributed by atoms with Crippen LogP contribution in [0.5, 0.6) is 0 Å². The van der Waals surface area contributed by atoms with E-state index >= 15 is 0 Å². The van der Waals surface area contributed by atoms with Crippen molar-refractivity contribution in [2.24, 2.45) is 5.41 Å². The maximum Gasteiger partial charge on any atom is 0.0774 e. The molecular weight excluding hydrogens is 210 g/mol. The zero-order chi connectivity index (χ0) is 12.4. The van der Waals surface area contributed by atoms with Gasteiger partial charge in [0.05, 0.1) is 5.60 Å². The average molecular weight is 239 g/mol. The first-order valence-corrected chi connectivity index (χ1v) is 7.44.